The molecule has 2 rings (SSSR count). The van der Waals surface area contributed by atoms with E-state index in [9.17, 15) is 29.4 Å². The van der Waals surface area contributed by atoms with Crippen molar-refractivity contribution in [2.24, 2.45) is 0 Å². The van der Waals surface area contributed by atoms with Crippen molar-refractivity contribution in [2.75, 3.05) is 5.32 Å². The van der Waals surface area contributed by atoms with Crippen LogP contribution in [0.1, 0.15) is 10.6 Å². The molecule has 0 spiro atoms. The predicted molar refractivity (Wildman–Crippen MR) is 66.4 cm³/mol. The lowest BCUT2D eigenvalue weighted by Gasteiger charge is -2.03. The molecule has 1 aromatic heterocycles. The number of benzene rings is 1. The molecule has 0 saturated carbocycles. The summed E-state index contributed by atoms with van der Waals surface area (Å²) in [5.74, 6) is -2.88. The second-order valence-corrected chi connectivity index (χ2v) is 3.77. The van der Waals surface area contributed by atoms with Gasteiger partial charge in [-0.05, 0) is 18.2 Å². The number of nitro benzene ring substituents is 1. The van der Waals surface area contributed by atoms with Gasteiger partial charge in [0.05, 0.1) is 11.0 Å². The van der Waals surface area contributed by atoms with E-state index in [4.69, 9.17) is 0 Å². The maximum atomic E-state index is 13.1. The number of anilines is 1. The number of carbonyl (C=O) groups excluding carboxylic acids is 1. The molecule has 0 saturated heterocycles. The molecule has 0 aliphatic rings. The SMILES string of the molecule is O=C(Nc1ccc(F)c([N+](=O)[O-])c1)c1ccc([N+](=O)[O-])o1. The maximum Gasteiger partial charge on any atom is 0.433 e. The van der Waals surface area contributed by atoms with Crippen LogP contribution in [0.3, 0.4) is 0 Å². The molecule has 0 aliphatic carbocycles. The van der Waals surface area contributed by atoms with Gasteiger partial charge < -0.3 is 9.73 Å². The molecule has 108 valence electrons. The van der Waals surface area contributed by atoms with Gasteiger partial charge in [-0.3, -0.25) is 25.0 Å². The molecule has 0 fully saturated rings. The summed E-state index contributed by atoms with van der Waals surface area (Å²) in [6.45, 7) is 0. The molecule has 1 amide bonds. The Morgan fingerprint density at radius 3 is 2.43 bits per heavy atom. The lowest BCUT2D eigenvalue weighted by Crippen LogP contribution is -2.11. The monoisotopic (exact) mass is 295 g/mol. The summed E-state index contributed by atoms with van der Waals surface area (Å²) in [6, 6.07) is 4.81. The van der Waals surface area contributed by atoms with Crippen molar-refractivity contribution in [1.82, 2.24) is 0 Å². The second-order valence-electron chi connectivity index (χ2n) is 3.77. The Bertz CT molecular complexity index is 741. The van der Waals surface area contributed by atoms with E-state index >= 15 is 0 Å². The van der Waals surface area contributed by atoms with Crippen molar-refractivity contribution in [3.05, 3.63) is 62.1 Å². The number of rotatable bonds is 4. The third-order valence-electron chi connectivity index (χ3n) is 2.40. The number of nitrogens with zero attached hydrogens (tertiary/aromatic N) is 2. The zero-order valence-corrected chi connectivity index (χ0v) is 10.1. The highest BCUT2D eigenvalue weighted by Gasteiger charge is 2.19. The minimum absolute atomic E-state index is 0.0489. The smallest absolute Gasteiger partial charge is 0.395 e. The van der Waals surface area contributed by atoms with E-state index < -0.39 is 33.1 Å². The zero-order valence-electron chi connectivity index (χ0n) is 10.1. The summed E-state index contributed by atoms with van der Waals surface area (Å²) in [6.07, 6.45) is 0. The van der Waals surface area contributed by atoms with E-state index in [-0.39, 0.29) is 11.4 Å². The first kappa shape index (κ1) is 14.1. The molecule has 0 atom stereocenters. The van der Waals surface area contributed by atoms with Crippen LogP contribution in [0.5, 0.6) is 0 Å². The van der Waals surface area contributed by atoms with Gasteiger partial charge in [0.1, 0.15) is 4.92 Å². The number of carbonyl (C=O) groups is 1. The number of nitrogens with one attached hydrogen (secondary N) is 1. The molecule has 9 nitrogen and oxygen atoms in total. The van der Waals surface area contributed by atoms with Crippen molar-refractivity contribution in [2.45, 2.75) is 0 Å². The molecule has 0 aliphatic heterocycles. The van der Waals surface area contributed by atoms with Gasteiger partial charge in [0.25, 0.3) is 5.91 Å². The minimum Gasteiger partial charge on any atom is -0.395 e. The quantitative estimate of drug-likeness (QED) is 0.681. The van der Waals surface area contributed by atoms with Gasteiger partial charge in [-0.25, -0.2) is 0 Å². The fourth-order valence-electron chi connectivity index (χ4n) is 1.47. The van der Waals surface area contributed by atoms with E-state index in [0.29, 0.717) is 0 Å². The van der Waals surface area contributed by atoms with Gasteiger partial charge in [-0.2, -0.15) is 4.39 Å². The average Bonchev–Trinajstić information content (AvgIpc) is 2.90. The molecule has 1 heterocycles. The molecule has 10 heteroatoms. The third kappa shape index (κ3) is 3.00. The van der Waals surface area contributed by atoms with E-state index in [1.165, 1.54) is 0 Å². The first-order valence-corrected chi connectivity index (χ1v) is 5.38. The molecule has 21 heavy (non-hydrogen) atoms. The summed E-state index contributed by atoms with van der Waals surface area (Å²) in [7, 11) is 0. The maximum absolute atomic E-state index is 13.1. The van der Waals surface area contributed by atoms with Gasteiger partial charge in [-0.1, -0.05) is 0 Å². The van der Waals surface area contributed by atoms with Gasteiger partial charge in [0, 0.05) is 11.8 Å². The van der Waals surface area contributed by atoms with Gasteiger partial charge >= 0.3 is 11.6 Å². The lowest BCUT2D eigenvalue weighted by molar-refractivity contribution is -0.402. The highest BCUT2D eigenvalue weighted by Crippen LogP contribution is 2.23. The Morgan fingerprint density at radius 1 is 1.14 bits per heavy atom. The lowest BCUT2D eigenvalue weighted by atomic mass is 10.2. The Balaban J connectivity index is 2.21. The molecule has 2 aromatic rings. The Kier molecular flexibility index (Phi) is 3.61. The second kappa shape index (κ2) is 5.36. The van der Waals surface area contributed by atoms with Crippen LogP contribution >= 0.6 is 0 Å². The molecule has 0 radical (unpaired) electrons. The summed E-state index contributed by atoms with van der Waals surface area (Å²) in [4.78, 5) is 30.9. The van der Waals surface area contributed by atoms with Crippen LogP contribution in [0.4, 0.5) is 21.6 Å². The van der Waals surface area contributed by atoms with Crippen molar-refractivity contribution >= 4 is 23.2 Å². The number of hydrogen-bond donors (Lipinski definition) is 1. The Hall–Kier alpha value is -3.30. The number of nitro groups is 2. The van der Waals surface area contributed by atoms with Gasteiger partial charge in [0.15, 0.2) is 5.76 Å². The van der Waals surface area contributed by atoms with Crippen LogP contribution in [0.25, 0.3) is 0 Å². The predicted octanol–water partition coefficient (Wildman–Crippen LogP) is 2.49. The first-order chi connectivity index (χ1) is 9.88. The van der Waals surface area contributed by atoms with Crippen molar-refractivity contribution < 1.29 is 23.4 Å². The number of furan rings is 1. The molecule has 1 aromatic carbocycles. The normalized spacial score (nSPS) is 10.1. The average molecular weight is 295 g/mol. The fourth-order valence-corrected chi connectivity index (χ4v) is 1.47. The molecular formula is C11H6FN3O6. The standard InChI is InChI=1S/C11H6FN3O6/c12-7-2-1-6(5-8(7)14(17)18)13-11(16)9-3-4-10(21-9)15(19)20/h1-5H,(H,13,16). The summed E-state index contributed by atoms with van der Waals surface area (Å²) >= 11 is 0. The van der Waals surface area contributed by atoms with Crippen LogP contribution in [-0.2, 0) is 0 Å². The zero-order chi connectivity index (χ0) is 15.6. The minimum atomic E-state index is -1.05. The van der Waals surface area contributed by atoms with Gasteiger partial charge in [0.2, 0.25) is 5.82 Å². The number of amides is 1. The molecule has 0 bridgehead atoms. The Morgan fingerprint density at radius 2 is 1.86 bits per heavy atom. The number of hydrogen-bond acceptors (Lipinski definition) is 6. The van der Waals surface area contributed by atoms with Crippen molar-refractivity contribution in [1.29, 1.82) is 0 Å². The van der Waals surface area contributed by atoms with Gasteiger partial charge in [-0.15, -0.1) is 0 Å². The first-order valence-electron chi connectivity index (χ1n) is 5.38. The molecule has 0 unspecified atom stereocenters. The highest BCUT2D eigenvalue weighted by atomic mass is 19.1. The van der Waals surface area contributed by atoms with Crippen molar-refractivity contribution in [3.63, 3.8) is 0 Å². The summed E-state index contributed by atoms with van der Waals surface area (Å²) < 4.78 is 17.8. The summed E-state index contributed by atoms with van der Waals surface area (Å²) in [5, 5.41) is 23.2. The fraction of sp³-hybridized carbons (Fsp3) is 0. The highest BCUT2D eigenvalue weighted by molar-refractivity contribution is 6.02. The van der Waals surface area contributed by atoms with Crippen molar-refractivity contribution in [3.8, 4) is 0 Å². The topological polar surface area (TPSA) is 129 Å². The van der Waals surface area contributed by atoms with E-state index in [0.717, 1.165) is 30.3 Å². The summed E-state index contributed by atoms with van der Waals surface area (Å²) in [5.41, 5.74) is -0.856. The largest absolute Gasteiger partial charge is 0.433 e. The number of halogens is 1. The van der Waals surface area contributed by atoms with Crippen LogP contribution < -0.4 is 5.32 Å². The van der Waals surface area contributed by atoms with Crippen LogP contribution in [0.15, 0.2) is 34.7 Å². The van der Waals surface area contributed by atoms with E-state index in [2.05, 4.69) is 9.73 Å². The van der Waals surface area contributed by atoms with E-state index in [1.807, 2.05) is 0 Å². The molecular weight excluding hydrogens is 289 g/mol. The molecule has 1 N–H and O–H groups in total. The van der Waals surface area contributed by atoms with E-state index in [1.54, 1.807) is 0 Å². The van der Waals surface area contributed by atoms with Crippen LogP contribution in [0, 0.1) is 26.0 Å². The Labute approximate surface area is 115 Å². The van der Waals surface area contributed by atoms with Crippen LogP contribution in [0.2, 0.25) is 0 Å². The van der Waals surface area contributed by atoms with Crippen LogP contribution in [-0.4, -0.2) is 15.8 Å². The third-order valence-corrected chi connectivity index (χ3v) is 2.40.